The SMILES string of the molecule is CC(NC(=O)c1cc2ccccn2c1)c1ccccc1. The number of hydrogen-bond acceptors (Lipinski definition) is 1. The van der Waals surface area contributed by atoms with Gasteiger partial charge in [0.05, 0.1) is 11.6 Å². The highest BCUT2D eigenvalue weighted by Crippen LogP contribution is 2.14. The maximum atomic E-state index is 12.3. The van der Waals surface area contributed by atoms with Crippen LogP contribution < -0.4 is 5.32 Å². The van der Waals surface area contributed by atoms with E-state index in [0.717, 1.165) is 11.1 Å². The number of carbonyl (C=O) groups excluding carboxylic acids is 1. The summed E-state index contributed by atoms with van der Waals surface area (Å²) >= 11 is 0. The molecule has 1 amide bonds. The number of nitrogens with one attached hydrogen (secondary N) is 1. The predicted octanol–water partition coefficient (Wildman–Crippen LogP) is 3.43. The van der Waals surface area contributed by atoms with Gasteiger partial charge in [-0.1, -0.05) is 36.4 Å². The molecule has 0 saturated heterocycles. The van der Waals surface area contributed by atoms with Gasteiger partial charge in [0, 0.05) is 17.9 Å². The zero-order valence-electron chi connectivity index (χ0n) is 11.3. The van der Waals surface area contributed by atoms with Crippen molar-refractivity contribution in [1.82, 2.24) is 9.72 Å². The van der Waals surface area contributed by atoms with Crippen molar-refractivity contribution in [2.75, 3.05) is 0 Å². The number of amides is 1. The molecule has 2 heterocycles. The van der Waals surface area contributed by atoms with Gasteiger partial charge < -0.3 is 9.72 Å². The molecule has 0 aliphatic rings. The lowest BCUT2D eigenvalue weighted by atomic mass is 10.1. The number of rotatable bonds is 3. The number of hydrogen-bond donors (Lipinski definition) is 1. The molecule has 1 aromatic carbocycles. The van der Waals surface area contributed by atoms with Crippen molar-refractivity contribution in [3.63, 3.8) is 0 Å². The molecule has 0 fully saturated rings. The van der Waals surface area contributed by atoms with Crippen molar-refractivity contribution in [1.29, 1.82) is 0 Å². The Labute approximate surface area is 117 Å². The maximum Gasteiger partial charge on any atom is 0.253 e. The fourth-order valence-corrected chi connectivity index (χ4v) is 2.28. The van der Waals surface area contributed by atoms with E-state index < -0.39 is 0 Å². The van der Waals surface area contributed by atoms with E-state index in [4.69, 9.17) is 0 Å². The Morgan fingerprint density at radius 2 is 1.85 bits per heavy atom. The van der Waals surface area contributed by atoms with Gasteiger partial charge in [-0.05, 0) is 30.7 Å². The van der Waals surface area contributed by atoms with Gasteiger partial charge in [-0.2, -0.15) is 0 Å². The van der Waals surface area contributed by atoms with Crippen LogP contribution in [0.3, 0.4) is 0 Å². The van der Waals surface area contributed by atoms with Crippen molar-refractivity contribution in [3.05, 3.63) is 78.1 Å². The molecule has 20 heavy (non-hydrogen) atoms. The molecule has 0 aliphatic heterocycles. The molecule has 0 radical (unpaired) electrons. The number of aromatic nitrogens is 1. The van der Waals surface area contributed by atoms with Crippen LogP contribution in [0.2, 0.25) is 0 Å². The number of benzene rings is 1. The Morgan fingerprint density at radius 1 is 1.10 bits per heavy atom. The normalized spacial score (nSPS) is 12.2. The lowest BCUT2D eigenvalue weighted by molar-refractivity contribution is 0.0940. The number of fused-ring (bicyclic) bond motifs is 1. The van der Waals surface area contributed by atoms with Crippen LogP contribution in [0.1, 0.15) is 28.9 Å². The minimum absolute atomic E-state index is 0.00767. The molecular weight excluding hydrogens is 248 g/mol. The van der Waals surface area contributed by atoms with E-state index in [1.807, 2.05) is 78.3 Å². The Bertz CT molecular complexity index is 698. The summed E-state index contributed by atoms with van der Waals surface area (Å²) in [7, 11) is 0. The van der Waals surface area contributed by atoms with Crippen molar-refractivity contribution in [3.8, 4) is 0 Å². The van der Waals surface area contributed by atoms with E-state index in [9.17, 15) is 4.79 Å². The molecule has 0 bridgehead atoms. The fourth-order valence-electron chi connectivity index (χ4n) is 2.28. The molecule has 1 N–H and O–H groups in total. The highest BCUT2D eigenvalue weighted by Gasteiger charge is 2.12. The lowest BCUT2D eigenvalue weighted by Crippen LogP contribution is -2.26. The Kier molecular flexibility index (Phi) is 3.25. The van der Waals surface area contributed by atoms with Gasteiger partial charge in [0.1, 0.15) is 0 Å². The van der Waals surface area contributed by atoms with Crippen LogP contribution in [0.5, 0.6) is 0 Å². The molecule has 1 atom stereocenters. The third-order valence-corrected chi connectivity index (χ3v) is 3.41. The molecule has 3 nitrogen and oxygen atoms in total. The van der Waals surface area contributed by atoms with Crippen LogP contribution in [-0.2, 0) is 0 Å². The van der Waals surface area contributed by atoms with E-state index in [2.05, 4.69) is 5.32 Å². The summed E-state index contributed by atoms with van der Waals surface area (Å²) in [5, 5.41) is 3.02. The quantitative estimate of drug-likeness (QED) is 0.772. The number of pyridine rings is 1. The van der Waals surface area contributed by atoms with Gasteiger partial charge in [0.2, 0.25) is 0 Å². The van der Waals surface area contributed by atoms with Crippen LogP contribution in [0.15, 0.2) is 67.0 Å². The summed E-state index contributed by atoms with van der Waals surface area (Å²) in [4.78, 5) is 12.3. The van der Waals surface area contributed by atoms with Gasteiger partial charge in [0.15, 0.2) is 0 Å². The zero-order chi connectivity index (χ0) is 13.9. The van der Waals surface area contributed by atoms with Crippen LogP contribution >= 0.6 is 0 Å². The van der Waals surface area contributed by atoms with Crippen LogP contribution in [0.4, 0.5) is 0 Å². The van der Waals surface area contributed by atoms with E-state index in [1.54, 1.807) is 0 Å². The molecule has 0 aliphatic carbocycles. The molecule has 3 heteroatoms. The molecule has 3 aromatic rings. The summed E-state index contributed by atoms with van der Waals surface area (Å²) in [6.45, 7) is 1.99. The largest absolute Gasteiger partial charge is 0.345 e. The summed E-state index contributed by atoms with van der Waals surface area (Å²) < 4.78 is 1.95. The van der Waals surface area contributed by atoms with E-state index in [0.29, 0.717) is 5.56 Å². The van der Waals surface area contributed by atoms with Gasteiger partial charge in [0.25, 0.3) is 5.91 Å². The second-order valence-corrected chi connectivity index (χ2v) is 4.87. The monoisotopic (exact) mass is 264 g/mol. The van der Waals surface area contributed by atoms with E-state index in [-0.39, 0.29) is 11.9 Å². The molecule has 0 saturated carbocycles. The van der Waals surface area contributed by atoms with Crippen LogP contribution in [0, 0.1) is 0 Å². The van der Waals surface area contributed by atoms with Crippen molar-refractivity contribution >= 4 is 11.4 Å². The Hall–Kier alpha value is -2.55. The first-order chi connectivity index (χ1) is 9.74. The first-order valence-electron chi connectivity index (χ1n) is 6.66. The fraction of sp³-hybridized carbons (Fsp3) is 0.118. The molecule has 0 spiro atoms. The molecule has 100 valence electrons. The predicted molar refractivity (Wildman–Crippen MR) is 79.7 cm³/mol. The van der Waals surface area contributed by atoms with Gasteiger partial charge in [-0.25, -0.2) is 0 Å². The van der Waals surface area contributed by atoms with Gasteiger partial charge in [-0.3, -0.25) is 4.79 Å². The first-order valence-corrected chi connectivity index (χ1v) is 6.66. The average Bonchev–Trinajstić information content (AvgIpc) is 2.92. The lowest BCUT2D eigenvalue weighted by Gasteiger charge is -2.13. The summed E-state index contributed by atoms with van der Waals surface area (Å²) in [6, 6.07) is 17.7. The number of nitrogens with zero attached hydrogens (tertiary/aromatic N) is 1. The van der Waals surface area contributed by atoms with Crippen LogP contribution in [-0.4, -0.2) is 10.3 Å². The minimum atomic E-state index is -0.0509. The van der Waals surface area contributed by atoms with Gasteiger partial charge >= 0.3 is 0 Å². The smallest absolute Gasteiger partial charge is 0.253 e. The average molecular weight is 264 g/mol. The van der Waals surface area contributed by atoms with E-state index >= 15 is 0 Å². The second kappa shape index (κ2) is 5.21. The molecule has 1 unspecified atom stereocenters. The summed E-state index contributed by atoms with van der Waals surface area (Å²) in [6.07, 6.45) is 3.79. The van der Waals surface area contributed by atoms with Crippen LogP contribution in [0.25, 0.3) is 5.52 Å². The molecule has 3 rings (SSSR count). The first kappa shape index (κ1) is 12.5. The van der Waals surface area contributed by atoms with E-state index in [1.165, 1.54) is 0 Å². The standard InChI is InChI=1S/C17H16N2O/c1-13(14-7-3-2-4-8-14)18-17(20)15-11-16-9-5-6-10-19(16)12-15/h2-13H,1H3,(H,18,20). The summed E-state index contributed by atoms with van der Waals surface area (Å²) in [5.41, 5.74) is 2.80. The third-order valence-electron chi connectivity index (χ3n) is 3.41. The number of carbonyl (C=O) groups is 1. The topological polar surface area (TPSA) is 33.5 Å². The van der Waals surface area contributed by atoms with Crippen molar-refractivity contribution < 1.29 is 4.79 Å². The molecular formula is C17H16N2O. The Morgan fingerprint density at radius 3 is 2.60 bits per heavy atom. The second-order valence-electron chi connectivity index (χ2n) is 4.87. The minimum Gasteiger partial charge on any atom is -0.345 e. The molecule has 2 aromatic heterocycles. The van der Waals surface area contributed by atoms with Crippen molar-refractivity contribution in [2.24, 2.45) is 0 Å². The highest BCUT2D eigenvalue weighted by atomic mass is 16.1. The van der Waals surface area contributed by atoms with Crippen molar-refractivity contribution in [2.45, 2.75) is 13.0 Å². The third kappa shape index (κ3) is 2.43. The highest BCUT2D eigenvalue weighted by molar-refractivity contribution is 5.95. The van der Waals surface area contributed by atoms with Gasteiger partial charge in [-0.15, -0.1) is 0 Å². The Balaban J connectivity index is 1.79. The zero-order valence-corrected chi connectivity index (χ0v) is 11.3. The summed E-state index contributed by atoms with van der Waals surface area (Å²) in [5.74, 6) is -0.0509. The maximum absolute atomic E-state index is 12.3.